The molecule has 0 atom stereocenters. The molecule has 0 saturated heterocycles. The van der Waals surface area contributed by atoms with Gasteiger partial charge in [0, 0.05) is 19.4 Å². The molecule has 2 aromatic heterocycles. The van der Waals surface area contributed by atoms with E-state index in [1.807, 2.05) is 12.1 Å². The van der Waals surface area contributed by atoms with Crippen molar-refractivity contribution in [2.24, 2.45) is 7.05 Å². The van der Waals surface area contributed by atoms with Gasteiger partial charge in [-0.2, -0.15) is 9.78 Å². The molecule has 0 saturated carbocycles. The average molecular weight is 438 g/mol. The van der Waals surface area contributed by atoms with Crippen molar-refractivity contribution in [1.29, 1.82) is 0 Å². The summed E-state index contributed by atoms with van der Waals surface area (Å²) in [6.45, 7) is 1.19. The van der Waals surface area contributed by atoms with Crippen molar-refractivity contribution in [3.05, 3.63) is 74.8 Å². The van der Waals surface area contributed by atoms with Crippen LogP contribution in [0.2, 0.25) is 0 Å². The molecule has 2 heterocycles. The van der Waals surface area contributed by atoms with Crippen molar-refractivity contribution < 1.29 is 13.9 Å². The van der Waals surface area contributed by atoms with Crippen molar-refractivity contribution in [1.82, 2.24) is 24.1 Å². The van der Waals surface area contributed by atoms with Crippen LogP contribution in [-0.4, -0.2) is 37.1 Å². The van der Waals surface area contributed by atoms with Gasteiger partial charge >= 0.3 is 11.2 Å². The second-order valence-corrected chi connectivity index (χ2v) is 7.10. The molecule has 10 nitrogen and oxygen atoms in total. The number of aromatic nitrogens is 5. The highest BCUT2D eigenvalue weighted by molar-refractivity contribution is 5.89. The van der Waals surface area contributed by atoms with Crippen molar-refractivity contribution in [3.8, 4) is 11.6 Å². The van der Waals surface area contributed by atoms with Gasteiger partial charge in [-0.05, 0) is 29.8 Å². The molecule has 11 heteroatoms. The highest BCUT2D eigenvalue weighted by atomic mass is 19.1. The number of benzene rings is 2. The Morgan fingerprint density at radius 3 is 2.69 bits per heavy atom. The molecule has 0 fully saturated rings. The molecular formula is C21H19FN6O4. The minimum atomic E-state index is -0.749. The largest absolute Gasteiger partial charge is 0.476 e. The van der Waals surface area contributed by atoms with Crippen LogP contribution >= 0.6 is 0 Å². The average Bonchev–Trinajstić information content (AvgIpc) is 3.13. The minimum Gasteiger partial charge on any atom is -0.476 e. The lowest BCUT2D eigenvalue weighted by atomic mass is 10.1. The van der Waals surface area contributed by atoms with Gasteiger partial charge in [-0.15, -0.1) is 5.10 Å². The predicted octanol–water partition coefficient (Wildman–Crippen LogP) is 1.44. The van der Waals surface area contributed by atoms with Gasteiger partial charge in [-0.25, -0.2) is 13.8 Å². The van der Waals surface area contributed by atoms with Gasteiger partial charge in [-0.3, -0.25) is 14.3 Å². The number of methoxy groups -OCH3 is 1. The number of halogens is 1. The Morgan fingerprint density at radius 1 is 1.19 bits per heavy atom. The number of rotatable bonds is 5. The van der Waals surface area contributed by atoms with Crippen LogP contribution in [0.1, 0.15) is 12.5 Å². The number of carbonyl (C=O) groups is 1. The lowest BCUT2D eigenvalue weighted by molar-refractivity contribution is -0.114. The van der Waals surface area contributed by atoms with Crippen LogP contribution < -0.4 is 21.3 Å². The van der Waals surface area contributed by atoms with Gasteiger partial charge in [0.1, 0.15) is 5.82 Å². The molecule has 0 aliphatic heterocycles. The second kappa shape index (κ2) is 8.10. The summed E-state index contributed by atoms with van der Waals surface area (Å²) in [6.07, 6.45) is 1.72. The number of fused-ring (bicyclic) bond motifs is 1. The van der Waals surface area contributed by atoms with Crippen molar-refractivity contribution in [3.63, 3.8) is 0 Å². The summed E-state index contributed by atoms with van der Waals surface area (Å²) in [5.41, 5.74) is 0.106. The fraction of sp³-hybridized carbons (Fsp3) is 0.190. The van der Waals surface area contributed by atoms with E-state index in [4.69, 9.17) is 4.74 Å². The topological polar surface area (TPSA) is 113 Å². The quantitative estimate of drug-likeness (QED) is 0.505. The van der Waals surface area contributed by atoms with Crippen LogP contribution in [-0.2, 0) is 18.4 Å². The summed E-state index contributed by atoms with van der Waals surface area (Å²) in [4.78, 5) is 37.3. The Labute approximate surface area is 180 Å². The monoisotopic (exact) mass is 438 g/mol. The summed E-state index contributed by atoms with van der Waals surface area (Å²) in [7, 11) is 3.06. The molecule has 164 valence electrons. The van der Waals surface area contributed by atoms with E-state index in [1.165, 1.54) is 26.2 Å². The number of hydrogen-bond acceptors (Lipinski definition) is 6. The third-order valence-electron chi connectivity index (χ3n) is 4.88. The number of ether oxygens (including phenoxy) is 1. The molecule has 1 N–H and O–H groups in total. The maximum absolute atomic E-state index is 14.0. The third kappa shape index (κ3) is 3.75. The van der Waals surface area contributed by atoms with Crippen molar-refractivity contribution >= 4 is 22.5 Å². The summed E-state index contributed by atoms with van der Waals surface area (Å²) in [5, 5.41) is 11.4. The van der Waals surface area contributed by atoms with E-state index >= 15 is 0 Å². The standard InChI is InChI=1S/C21H19FN6O4/c1-12(29)24-17-9-15(6-7-16(17)22)28-21(31)27(20(30)19(25-28)32-3)11-13-4-5-14-10-23-26(2)18(14)8-13/h4-10H,11H2,1-3H3,(H,24,29). The number of hydrogen-bond donors (Lipinski definition) is 1. The van der Waals surface area contributed by atoms with E-state index in [0.717, 1.165) is 26.2 Å². The zero-order valence-electron chi connectivity index (χ0n) is 17.5. The molecule has 1 amide bonds. The van der Waals surface area contributed by atoms with E-state index in [1.54, 1.807) is 24.0 Å². The van der Waals surface area contributed by atoms with Crippen LogP contribution in [0.3, 0.4) is 0 Å². The van der Waals surface area contributed by atoms with E-state index < -0.39 is 23.0 Å². The lowest BCUT2D eigenvalue weighted by Crippen LogP contribution is -2.41. The maximum Gasteiger partial charge on any atom is 0.352 e. The number of carbonyl (C=O) groups excluding carboxylic acids is 1. The van der Waals surface area contributed by atoms with E-state index in [-0.39, 0.29) is 23.8 Å². The summed E-state index contributed by atoms with van der Waals surface area (Å²) >= 11 is 0. The second-order valence-electron chi connectivity index (χ2n) is 7.10. The van der Waals surface area contributed by atoms with Crippen LogP contribution in [0.15, 0.2) is 52.2 Å². The summed E-state index contributed by atoms with van der Waals surface area (Å²) < 4.78 is 22.7. The number of aryl methyl sites for hydroxylation is 1. The molecule has 0 aliphatic rings. The first-order chi connectivity index (χ1) is 15.3. The molecule has 0 aliphatic carbocycles. The zero-order valence-corrected chi connectivity index (χ0v) is 17.5. The first-order valence-corrected chi connectivity index (χ1v) is 9.55. The number of nitrogens with one attached hydrogen (secondary N) is 1. The normalized spacial score (nSPS) is 11.0. The molecule has 4 rings (SSSR count). The number of nitrogens with zero attached hydrogens (tertiary/aromatic N) is 5. The molecule has 4 aromatic rings. The van der Waals surface area contributed by atoms with Gasteiger partial charge < -0.3 is 10.1 Å². The molecule has 0 spiro atoms. The number of amides is 1. The molecule has 2 aromatic carbocycles. The highest BCUT2D eigenvalue weighted by Gasteiger charge is 2.17. The lowest BCUT2D eigenvalue weighted by Gasteiger charge is -2.13. The van der Waals surface area contributed by atoms with Gasteiger partial charge in [0.05, 0.1) is 36.7 Å². The first kappa shape index (κ1) is 21.0. The SMILES string of the molecule is COc1nn(-c2ccc(F)c(NC(C)=O)c2)c(=O)n(Cc2ccc3cnn(C)c3c2)c1=O. The van der Waals surface area contributed by atoms with Gasteiger partial charge in [0.15, 0.2) is 0 Å². The zero-order chi connectivity index (χ0) is 23.0. The minimum absolute atomic E-state index is 0.0442. The third-order valence-corrected chi connectivity index (χ3v) is 4.88. The van der Waals surface area contributed by atoms with Gasteiger partial charge in [-0.1, -0.05) is 12.1 Å². The van der Waals surface area contributed by atoms with Crippen LogP contribution in [0.5, 0.6) is 5.88 Å². The number of anilines is 1. The highest BCUT2D eigenvalue weighted by Crippen LogP contribution is 2.18. The molecule has 0 unspecified atom stereocenters. The molecular weight excluding hydrogens is 419 g/mol. The Kier molecular flexibility index (Phi) is 5.31. The van der Waals surface area contributed by atoms with Crippen LogP contribution in [0.4, 0.5) is 10.1 Å². The van der Waals surface area contributed by atoms with E-state index in [9.17, 15) is 18.8 Å². The molecule has 0 radical (unpaired) electrons. The molecule has 32 heavy (non-hydrogen) atoms. The molecule has 0 bridgehead atoms. The van der Waals surface area contributed by atoms with Crippen molar-refractivity contribution in [2.45, 2.75) is 13.5 Å². The summed E-state index contributed by atoms with van der Waals surface area (Å²) in [5.74, 6) is -1.46. The van der Waals surface area contributed by atoms with Crippen LogP contribution in [0, 0.1) is 5.82 Å². The first-order valence-electron chi connectivity index (χ1n) is 9.55. The summed E-state index contributed by atoms with van der Waals surface area (Å²) in [6, 6.07) is 9.12. The van der Waals surface area contributed by atoms with E-state index in [0.29, 0.717) is 5.56 Å². The van der Waals surface area contributed by atoms with Gasteiger partial charge in [0.2, 0.25) is 5.91 Å². The van der Waals surface area contributed by atoms with Gasteiger partial charge in [0.25, 0.3) is 5.88 Å². The Bertz CT molecular complexity index is 1470. The van der Waals surface area contributed by atoms with E-state index in [2.05, 4.69) is 15.5 Å². The van der Waals surface area contributed by atoms with Crippen LogP contribution in [0.25, 0.3) is 16.6 Å². The fourth-order valence-electron chi connectivity index (χ4n) is 3.33. The Balaban J connectivity index is 1.85. The Hall–Kier alpha value is -4.28. The predicted molar refractivity (Wildman–Crippen MR) is 115 cm³/mol. The Morgan fingerprint density at radius 2 is 1.97 bits per heavy atom. The fourth-order valence-corrected chi connectivity index (χ4v) is 3.33. The maximum atomic E-state index is 14.0. The van der Waals surface area contributed by atoms with Crippen molar-refractivity contribution in [2.75, 3.05) is 12.4 Å². The smallest absolute Gasteiger partial charge is 0.352 e.